The number of carboxylic acid groups (broad SMARTS) is 1. The second-order valence-corrected chi connectivity index (χ2v) is 4.40. The highest BCUT2D eigenvalue weighted by molar-refractivity contribution is 6.29. The van der Waals surface area contributed by atoms with E-state index in [1.165, 1.54) is 12.4 Å². The van der Waals surface area contributed by atoms with Crippen LogP contribution in [-0.4, -0.2) is 51.4 Å². The van der Waals surface area contributed by atoms with Crippen LogP contribution in [0.3, 0.4) is 0 Å². The maximum Gasteiger partial charge on any atom is 0.407 e. The van der Waals surface area contributed by atoms with E-state index in [0.29, 0.717) is 18.8 Å². The second kappa shape index (κ2) is 5.34. The van der Waals surface area contributed by atoms with Crippen LogP contribution < -0.4 is 5.32 Å². The molecular weight excluding hydrogens is 263 g/mol. The molecule has 1 amide bonds. The highest BCUT2D eigenvalue weighted by Gasteiger charge is 2.31. The van der Waals surface area contributed by atoms with Crippen molar-refractivity contribution in [2.45, 2.75) is 18.6 Å². The van der Waals surface area contributed by atoms with E-state index in [4.69, 9.17) is 16.7 Å². The maximum absolute atomic E-state index is 13.8. The van der Waals surface area contributed by atoms with E-state index in [2.05, 4.69) is 15.3 Å². The summed E-state index contributed by atoms with van der Waals surface area (Å²) >= 11 is 5.67. The standard InChI is InChI=1S/C10H12ClFN4O2/c11-8-3-13-4-9(15-8)14-7-1-2-16(10(17)18)5-6(7)12/h3-4,6-7H,1-2,5H2,(H,14,15)(H,17,18)/t6-,7-/m0/s1. The van der Waals surface area contributed by atoms with E-state index >= 15 is 0 Å². The Balaban J connectivity index is 1.97. The van der Waals surface area contributed by atoms with Crippen LogP contribution >= 0.6 is 11.6 Å². The van der Waals surface area contributed by atoms with Gasteiger partial charge in [-0.15, -0.1) is 0 Å². The van der Waals surface area contributed by atoms with Crippen LogP contribution in [0.2, 0.25) is 5.15 Å². The van der Waals surface area contributed by atoms with E-state index in [0.717, 1.165) is 4.90 Å². The molecule has 2 rings (SSSR count). The first-order valence-corrected chi connectivity index (χ1v) is 5.80. The quantitative estimate of drug-likeness (QED) is 0.857. The smallest absolute Gasteiger partial charge is 0.407 e. The lowest BCUT2D eigenvalue weighted by Crippen LogP contribution is -2.49. The number of hydrogen-bond acceptors (Lipinski definition) is 4. The fourth-order valence-corrected chi connectivity index (χ4v) is 1.99. The van der Waals surface area contributed by atoms with Crippen LogP contribution in [0.15, 0.2) is 12.4 Å². The Morgan fingerprint density at radius 3 is 3.00 bits per heavy atom. The molecule has 1 aliphatic heterocycles. The summed E-state index contributed by atoms with van der Waals surface area (Å²) in [5, 5.41) is 11.9. The van der Waals surface area contributed by atoms with Crippen molar-refractivity contribution < 1.29 is 14.3 Å². The fourth-order valence-electron chi connectivity index (χ4n) is 1.84. The Morgan fingerprint density at radius 1 is 1.61 bits per heavy atom. The lowest BCUT2D eigenvalue weighted by Gasteiger charge is -2.33. The molecule has 2 atom stereocenters. The zero-order valence-corrected chi connectivity index (χ0v) is 10.1. The summed E-state index contributed by atoms with van der Waals surface area (Å²) in [6, 6.07) is -0.478. The summed E-state index contributed by atoms with van der Waals surface area (Å²) in [6.07, 6.45) is 0.825. The van der Waals surface area contributed by atoms with Crippen molar-refractivity contribution in [3.63, 3.8) is 0 Å². The zero-order valence-electron chi connectivity index (χ0n) is 9.38. The summed E-state index contributed by atoms with van der Waals surface area (Å²) < 4.78 is 13.8. The van der Waals surface area contributed by atoms with E-state index in [1.54, 1.807) is 0 Å². The van der Waals surface area contributed by atoms with Crippen LogP contribution in [0.4, 0.5) is 15.0 Å². The minimum atomic E-state index is -1.28. The van der Waals surface area contributed by atoms with Gasteiger partial charge in [0, 0.05) is 6.54 Å². The van der Waals surface area contributed by atoms with Gasteiger partial charge in [0.1, 0.15) is 17.1 Å². The number of alkyl halides is 1. The number of aromatic nitrogens is 2. The minimum Gasteiger partial charge on any atom is -0.465 e. The van der Waals surface area contributed by atoms with Crippen molar-refractivity contribution >= 4 is 23.5 Å². The van der Waals surface area contributed by atoms with E-state index in [9.17, 15) is 9.18 Å². The number of rotatable bonds is 2. The molecule has 0 aromatic carbocycles. The van der Waals surface area contributed by atoms with E-state index in [-0.39, 0.29) is 11.7 Å². The van der Waals surface area contributed by atoms with Gasteiger partial charge < -0.3 is 15.3 Å². The number of likely N-dealkylation sites (tertiary alicyclic amines) is 1. The van der Waals surface area contributed by atoms with Gasteiger partial charge in [-0.25, -0.2) is 14.2 Å². The lowest BCUT2D eigenvalue weighted by molar-refractivity contribution is 0.101. The Hall–Kier alpha value is -1.63. The van der Waals surface area contributed by atoms with Crippen molar-refractivity contribution in [3.8, 4) is 0 Å². The van der Waals surface area contributed by atoms with Gasteiger partial charge in [-0.1, -0.05) is 11.6 Å². The largest absolute Gasteiger partial charge is 0.465 e. The first kappa shape index (κ1) is 12.8. The third-order valence-electron chi connectivity index (χ3n) is 2.75. The SMILES string of the molecule is O=C(O)N1CC[C@H](Nc2cncc(Cl)n2)[C@@H](F)C1. The van der Waals surface area contributed by atoms with Gasteiger partial charge in [-0.05, 0) is 6.42 Å². The third kappa shape index (κ3) is 2.98. The first-order chi connectivity index (χ1) is 8.56. The van der Waals surface area contributed by atoms with Crippen molar-refractivity contribution in [2.75, 3.05) is 18.4 Å². The van der Waals surface area contributed by atoms with Gasteiger partial charge in [0.2, 0.25) is 0 Å². The van der Waals surface area contributed by atoms with E-state index < -0.39 is 18.3 Å². The van der Waals surface area contributed by atoms with Gasteiger partial charge in [0.25, 0.3) is 0 Å². The summed E-state index contributed by atoms with van der Waals surface area (Å²) in [5.41, 5.74) is 0. The predicted molar refractivity (Wildman–Crippen MR) is 63.6 cm³/mol. The Labute approximate surface area is 108 Å². The molecule has 0 bridgehead atoms. The molecule has 0 unspecified atom stereocenters. The molecule has 1 saturated heterocycles. The molecule has 18 heavy (non-hydrogen) atoms. The minimum absolute atomic E-state index is 0.138. The highest BCUT2D eigenvalue weighted by atomic mass is 35.5. The number of piperidine rings is 1. The summed E-state index contributed by atoms with van der Waals surface area (Å²) in [5.74, 6) is 0.388. The van der Waals surface area contributed by atoms with Crippen molar-refractivity contribution in [1.82, 2.24) is 14.9 Å². The van der Waals surface area contributed by atoms with Crippen molar-refractivity contribution in [1.29, 1.82) is 0 Å². The number of hydrogen-bond donors (Lipinski definition) is 2. The van der Waals surface area contributed by atoms with Crippen LogP contribution in [-0.2, 0) is 0 Å². The Kier molecular flexibility index (Phi) is 3.81. The average molecular weight is 275 g/mol. The van der Waals surface area contributed by atoms with Gasteiger partial charge >= 0.3 is 6.09 Å². The van der Waals surface area contributed by atoms with Crippen LogP contribution in [0.5, 0.6) is 0 Å². The second-order valence-electron chi connectivity index (χ2n) is 4.01. The normalized spacial score (nSPS) is 23.8. The average Bonchev–Trinajstić information content (AvgIpc) is 2.31. The third-order valence-corrected chi connectivity index (χ3v) is 2.93. The lowest BCUT2D eigenvalue weighted by atomic mass is 10.0. The molecule has 2 N–H and O–H groups in total. The molecule has 0 radical (unpaired) electrons. The molecule has 0 saturated carbocycles. The molecule has 1 aliphatic rings. The number of amides is 1. The zero-order chi connectivity index (χ0) is 13.1. The molecular formula is C10H12ClFN4O2. The topological polar surface area (TPSA) is 78.4 Å². The monoisotopic (exact) mass is 274 g/mol. The van der Waals surface area contributed by atoms with Crippen LogP contribution in [0, 0.1) is 0 Å². The Bertz CT molecular complexity index is 448. The number of anilines is 1. The molecule has 2 heterocycles. The molecule has 8 heteroatoms. The molecule has 1 aromatic heterocycles. The summed E-state index contributed by atoms with van der Waals surface area (Å²) in [6.45, 7) is 0.155. The van der Waals surface area contributed by atoms with Gasteiger partial charge in [-0.3, -0.25) is 4.98 Å². The van der Waals surface area contributed by atoms with Crippen LogP contribution in [0.25, 0.3) is 0 Å². The molecule has 1 fully saturated rings. The maximum atomic E-state index is 13.8. The van der Waals surface area contributed by atoms with Gasteiger partial charge in [0.05, 0.1) is 25.0 Å². The van der Waals surface area contributed by atoms with Gasteiger partial charge in [0.15, 0.2) is 0 Å². The number of halogens is 2. The summed E-state index contributed by atoms with van der Waals surface area (Å²) in [7, 11) is 0. The van der Waals surface area contributed by atoms with Crippen molar-refractivity contribution in [2.24, 2.45) is 0 Å². The van der Waals surface area contributed by atoms with Crippen LogP contribution in [0.1, 0.15) is 6.42 Å². The van der Waals surface area contributed by atoms with Crippen molar-refractivity contribution in [3.05, 3.63) is 17.5 Å². The van der Waals surface area contributed by atoms with Gasteiger partial charge in [-0.2, -0.15) is 0 Å². The first-order valence-electron chi connectivity index (χ1n) is 5.42. The van der Waals surface area contributed by atoms with E-state index in [1.807, 2.05) is 0 Å². The number of nitrogens with zero attached hydrogens (tertiary/aromatic N) is 3. The molecule has 98 valence electrons. The number of nitrogens with one attached hydrogen (secondary N) is 1. The predicted octanol–water partition coefficient (Wildman–Crippen LogP) is 1.63. The highest BCUT2D eigenvalue weighted by Crippen LogP contribution is 2.18. The molecule has 0 spiro atoms. The molecule has 0 aliphatic carbocycles. The number of carbonyl (C=O) groups is 1. The Morgan fingerprint density at radius 2 is 2.39 bits per heavy atom. The summed E-state index contributed by atoms with van der Waals surface area (Å²) in [4.78, 5) is 19.6. The molecule has 6 nitrogen and oxygen atoms in total. The fraction of sp³-hybridized carbons (Fsp3) is 0.500. The molecule has 1 aromatic rings.